The van der Waals surface area contributed by atoms with Crippen LogP contribution in [-0.4, -0.2) is 54.9 Å². The lowest BCUT2D eigenvalue weighted by Crippen LogP contribution is -2.23. The normalized spacial score (nSPS) is 10.8. The van der Waals surface area contributed by atoms with Gasteiger partial charge in [-0.1, -0.05) is 0 Å². The van der Waals surface area contributed by atoms with Crippen LogP contribution in [0.5, 0.6) is 11.5 Å². The van der Waals surface area contributed by atoms with E-state index in [1.807, 2.05) is 6.92 Å². The van der Waals surface area contributed by atoms with Gasteiger partial charge in [0.05, 0.1) is 20.3 Å². The van der Waals surface area contributed by atoms with E-state index in [9.17, 15) is 4.79 Å². The SMILES string of the molecule is CC(=O)O.CCOc1ccc(OCCO)c(C(Nc2ccc(C(=N)N)cc2)C(=O)OC)c1. The number of hydrogen-bond donors (Lipinski definition) is 5. The van der Waals surface area contributed by atoms with E-state index in [-0.39, 0.29) is 19.0 Å². The maximum absolute atomic E-state index is 12.5. The van der Waals surface area contributed by atoms with E-state index in [0.717, 1.165) is 6.92 Å². The minimum absolute atomic E-state index is 0.0415. The fourth-order valence-corrected chi connectivity index (χ4v) is 2.59. The first-order valence-electron chi connectivity index (χ1n) is 9.72. The molecule has 0 heterocycles. The Morgan fingerprint density at radius 1 is 1.16 bits per heavy atom. The van der Waals surface area contributed by atoms with E-state index >= 15 is 0 Å². The standard InChI is InChI=1S/C20H25N3O5.C2H4O2/c1-3-27-15-8-9-17(28-11-10-24)16(12-15)18(20(25)26-2)23-14-6-4-13(5-7-14)19(21)22;1-2(3)4/h4-9,12,18,23-24H,3,10-11H2,1-2H3,(H3,21,22);1H3,(H,3,4). The number of nitrogens with one attached hydrogen (secondary N) is 2. The van der Waals surface area contributed by atoms with Crippen molar-refractivity contribution in [1.82, 2.24) is 0 Å². The number of esters is 1. The molecule has 0 aliphatic heterocycles. The molecule has 2 rings (SSSR count). The molecule has 0 amide bonds. The number of rotatable bonds is 10. The van der Waals surface area contributed by atoms with Crippen LogP contribution >= 0.6 is 0 Å². The predicted octanol–water partition coefficient (Wildman–Crippen LogP) is 2.16. The highest BCUT2D eigenvalue weighted by atomic mass is 16.5. The van der Waals surface area contributed by atoms with E-state index in [4.69, 9.17) is 40.4 Å². The molecule has 174 valence electrons. The number of amidine groups is 1. The number of hydrogen-bond acceptors (Lipinski definition) is 8. The molecule has 0 aromatic heterocycles. The van der Waals surface area contributed by atoms with Crippen molar-refractivity contribution in [2.24, 2.45) is 5.73 Å². The zero-order valence-electron chi connectivity index (χ0n) is 18.3. The summed E-state index contributed by atoms with van der Waals surface area (Å²) in [5.74, 6) is -0.379. The molecule has 0 aliphatic carbocycles. The van der Waals surface area contributed by atoms with Crippen LogP contribution < -0.4 is 20.5 Å². The topological polar surface area (TPSA) is 164 Å². The molecule has 0 saturated carbocycles. The number of methoxy groups -OCH3 is 1. The fraction of sp³-hybridized carbons (Fsp3) is 0.318. The van der Waals surface area contributed by atoms with Gasteiger partial charge in [-0.25, -0.2) is 4.79 Å². The summed E-state index contributed by atoms with van der Waals surface area (Å²) >= 11 is 0. The predicted molar refractivity (Wildman–Crippen MR) is 119 cm³/mol. The van der Waals surface area contributed by atoms with Crippen LogP contribution in [-0.2, 0) is 14.3 Å². The second-order valence-electron chi connectivity index (χ2n) is 6.32. The molecule has 0 fully saturated rings. The van der Waals surface area contributed by atoms with Crippen molar-refractivity contribution in [2.75, 3.05) is 32.2 Å². The van der Waals surface area contributed by atoms with Gasteiger partial charge in [-0.2, -0.15) is 0 Å². The number of nitrogen functional groups attached to an aromatic ring is 1. The summed E-state index contributed by atoms with van der Waals surface area (Å²) in [6, 6.07) is 11.0. The van der Waals surface area contributed by atoms with Gasteiger partial charge in [0, 0.05) is 23.7 Å². The lowest BCUT2D eigenvalue weighted by Gasteiger charge is -2.22. The van der Waals surface area contributed by atoms with Crippen molar-refractivity contribution >= 4 is 23.5 Å². The summed E-state index contributed by atoms with van der Waals surface area (Å²) in [7, 11) is 1.30. The van der Waals surface area contributed by atoms with Gasteiger partial charge < -0.3 is 35.5 Å². The Hall–Kier alpha value is -3.79. The van der Waals surface area contributed by atoms with Gasteiger partial charge in [0.15, 0.2) is 6.04 Å². The number of aliphatic carboxylic acids is 1. The van der Waals surface area contributed by atoms with E-state index in [0.29, 0.717) is 34.9 Å². The summed E-state index contributed by atoms with van der Waals surface area (Å²) in [5, 5.41) is 27.1. The minimum atomic E-state index is -0.873. The number of carbonyl (C=O) groups is 2. The number of nitrogens with two attached hydrogens (primary N) is 1. The molecule has 0 bridgehead atoms. The third-order valence-electron chi connectivity index (χ3n) is 3.90. The number of benzene rings is 2. The van der Waals surface area contributed by atoms with Crippen LogP contribution in [0.2, 0.25) is 0 Å². The molecule has 10 heteroatoms. The second-order valence-corrected chi connectivity index (χ2v) is 6.32. The molecule has 2 aromatic carbocycles. The molecule has 0 aliphatic rings. The van der Waals surface area contributed by atoms with Crippen LogP contribution in [0, 0.1) is 5.41 Å². The van der Waals surface area contributed by atoms with Gasteiger partial charge in [-0.3, -0.25) is 10.2 Å². The van der Waals surface area contributed by atoms with Crippen LogP contribution in [0.25, 0.3) is 0 Å². The maximum atomic E-state index is 12.5. The van der Waals surface area contributed by atoms with Crippen molar-refractivity contribution in [3.05, 3.63) is 53.6 Å². The zero-order chi connectivity index (χ0) is 24.1. The van der Waals surface area contributed by atoms with Crippen molar-refractivity contribution in [3.63, 3.8) is 0 Å². The lowest BCUT2D eigenvalue weighted by molar-refractivity contribution is -0.141. The van der Waals surface area contributed by atoms with Gasteiger partial charge >= 0.3 is 5.97 Å². The van der Waals surface area contributed by atoms with Gasteiger partial charge in [0.25, 0.3) is 5.97 Å². The van der Waals surface area contributed by atoms with Gasteiger partial charge in [0.1, 0.15) is 23.9 Å². The summed E-state index contributed by atoms with van der Waals surface area (Å²) in [5.41, 5.74) is 7.20. The summed E-state index contributed by atoms with van der Waals surface area (Å²) in [6.07, 6.45) is 0. The molecular formula is C22H29N3O7. The first-order valence-corrected chi connectivity index (χ1v) is 9.72. The number of ether oxygens (including phenoxy) is 3. The quantitative estimate of drug-likeness (QED) is 0.208. The zero-order valence-corrected chi connectivity index (χ0v) is 18.3. The Balaban J connectivity index is 0.00000118. The van der Waals surface area contributed by atoms with Crippen LogP contribution in [0.15, 0.2) is 42.5 Å². The lowest BCUT2D eigenvalue weighted by atomic mass is 10.0. The Morgan fingerprint density at radius 3 is 2.28 bits per heavy atom. The Kier molecular flexibility index (Phi) is 11.1. The van der Waals surface area contributed by atoms with E-state index in [2.05, 4.69) is 5.32 Å². The highest BCUT2D eigenvalue weighted by Gasteiger charge is 2.26. The average molecular weight is 447 g/mol. The second kappa shape index (κ2) is 13.5. The molecule has 10 nitrogen and oxygen atoms in total. The monoisotopic (exact) mass is 447 g/mol. The number of anilines is 1. The Bertz CT molecular complexity index is 897. The third kappa shape index (κ3) is 8.52. The molecule has 1 atom stereocenters. The van der Waals surface area contributed by atoms with E-state index in [1.165, 1.54) is 7.11 Å². The third-order valence-corrected chi connectivity index (χ3v) is 3.90. The average Bonchev–Trinajstić information content (AvgIpc) is 2.76. The highest BCUT2D eigenvalue weighted by Crippen LogP contribution is 2.33. The van der Waals surface area contributed by atoms with Gasteiger partial charge in [0.2, 0.25) is 0 Å². The summed E-state index contributed by atoms with van der Waals surface area (Å²) < 4.78 is 16.1. The summed E-state index contributed by atoms with van der Waals surface area (Å²) in [4.78, 5) is 21.5. The number of carbonyl (C=O) groups excluding carboxylic acids is 1. The molecule has 0 spiro atoms. The molecule has 6 N–H and O–H groups in total. The van der Waals surface area contributed by atoms with Crippen LogP contribution in [0.4, 0.5) is 5.69 Å². The van der Waals surface area contributed by atoms with Crippen LogP contribution in [0.1, 0.15) is 31.0 Å². The van der Waals surface area contributed by atoms with E-state index < -0.39 is 18.0 Å². The van der Waals surface area contributed by atoms with Crippen molar-refractivity contribution in [2.45, 2.75) is 19.9 Å². The van der Waals surface area contributed by atoms with Crippen LogP contribution in [0.3, 0.4) is 0 Å². The first kappa shape index (κ1) is 26.2. The highest BCUT2D eigenvalue weighted by molar-refractivity contribution is 5.95. The van der Waals surface area contributed by atoms with E-state index in [1.54, 1.807) is 42.5 Å². The molecule has 2 aromatic rings. The summed E-state index contributed by atoms with van der Waals surface area (Å²) in [6.45, 7) is 3.35. The fourth-order valence-electron chi connectivity index (χ4n) is 2.59. The Labute approximate surface area is 186 Å². The smallest absolute Gasteiger partial charge is 0.333 e. The molecule has 1 unspecified atom stereocenters. The largest absolute Gasteiger partial charge is 0.494 e. The number of carboxylic acids is 1. The number of aliphatic hydroxyl groups is 1. The Morgan fingerprint density at radius 2 is 1.78 bits per heavy atom. The molecular weight excluding hydrogens is 418 g/mol. The van der Waals surface area contributed by atoms with Gasteiger partial charge in [-0.05, 0) is 49.4 Å². The maximum Gasteiger partial charge on any atom is 0.333 e. The van der Waals surface area contributed by atoms with Gasteiger partial charge in [-0.15, -0.1) is 0 Å². The number of aliphatic hydroxyl groups excluding tert-OH is 1. The molecule has 0 saturated heterocycles. The van der Waals surface area contributed by atoms with Crippen molar-refractivity contribution in [1.29, 1.82) is 5.41 Å². The molecule has 0 radical (unpaired) electrons. The molecule has 32 heavy (non-hydrogen) atoms. The van der Waals surface area contributed by atoms with Crippen molar-refractivity contribution < 1.29 is 34.0 Å². The first-order chi connectivity index (χ1) is 15.2. The number of carboxylic acid groups (broad SMARTS) is 1. The minimum Gasteiger partial charge on any atom is -0.494 e. The van der Waals surface area contributed by atoms with Crippen molar-refractivity contribution in [3.8, 4) is 11.5 Å².